The zero-order valence-electron chi connectivity index (χ0n) is 11.2. The van der Waals surface area contributed by atoms with Crippen molar-refractivity contribution in [3.63, 3.8) is 0 Å². The predicted octanol–water partition coefficient (Wildman–Crippen LogP) is 5.14. The summed E-state index contributed by atoms with van der Waals surface area (Å²) < 4.78 is 79.1. The van der Waals surface area contributed by atoms with Crippen molar-refractivity contribution < 1.29 is 31.1 Å². The first-order chi connectivity index (χ1) is 10.6. The molecule has 0 spiro atoms. The molecule has 0 aliphatic heterocycles. The molecule has 2 rings (SSSR count). The fraction of sp³-hybridized carbons (Fsp3) is 0.133. The van der Waals surface area contributed by atoms with Gasteiger partial charge in [-0.05, 0) is 35.4 Å². The van der Waals surface area contributed by atoms with Crippen LogP contribution in [0.25, 0.3) is 11.1 Å². The Hall–Kier alpha value is -2.69. The van der Waals surface area contributed by atoms with Gasteiger partial charge in [-0.1, -0.05) is 18.2 Å². The number of rotatable bonds is 2. The van der Waals surface area contributed by atoms with Crippen molar-refractivity contribution in [2.45, 2.75) is 12.5 Å². The Morgan fingerprint density at radius 3 is 1.96 bits per heavy atom. The minimum atomic E-state index is -4.88. The lowest BCUT2D eigenvalue weighted by atomic mass is 9.97. The summed E-state index contributed by atoms with van der Waals surface area (Å²) in [7, 11) is 0. The van der Waals surface area contributed by atoms with Gasteiger partial charge in [0.1, 0.15) is 5.75 Å². The Kier molecular flexibility index (Phi) is 4.23. The van der Waals surface area contributed by atoms with Crippen molar-refractivity contribution >= 4 is 0 Å². The summed E-state index contributed by atoms with van der Waals surface area (Å²) in [4.78, 5) is 0. The van der Waals surface area contributed by atoms with Crippen LogP contribution in [0.1, 0.15) is 11.1 Å². The standard InChI is InChI=1S/C15H7F6NO/c16-14(17,18)13-7-9(8-22)1-6-12(13)10-2-4-11(5-3-10)23-15(19,20)21/h1-7H. The number of benzene rings is 2. The molecule has 0 aromatic heterocycles. The van der Waals surface area contributed by atoms with E-state index in [1.807, 2.05) is 0 Å². The molecule has 0 aliphatic carbocycles. The number of halogens is 6. The largest absolute Gasteiger partial charge is 0.573 e. The van der Waals surface area contributed by atoms with E-state index in [-0.39, 0.29) is 16.7 Å². The summed E-state index contributed by atoms with van der Waals surface area (Å²) in [5, 5.41) is 8.69. The van der Waals surface area contributed by atoms with E-state index in [0.717, 1.165) is 30.3 Å². The third-order valence-corrected chi connectivity index (χ3v) is 2.85. The van der Waals surface area contributed by atoms with Crippen LogP contribution in [0.3, 0.4) is 0 Å². The molecule has 2 aromatic rings. The van der Waals surface area contributed by atoms with E-state index in [2.05, 4.69) is 4.74 Å². The molecular formula is C15H7F6NO. The molecule has 0 atom stereocenters. The van der Waals surface area contributed by atoms with E-state index in [9.17, 15) is 26.3 Å². The summed E-state index contributed by atoms with van der Waals surface area (Å²) in [5.41, 5.74) is -1.40. The fourth-order valence-corrected chi connectivity index (χ4v) is 1.94. The van der Waals surface area contributed by atoms with Crippen LogP contribution < -0.4 is 4.74 Å². The quantitative estimate of drug-likeness (QED) is 0.714. The number of hydrogen-bond donors (Lipinski definition) is 0. The average Bonchev–Trinajstić information content (AvgIpc) is 2.45. The summed E-state index contributed by atoms with van der Waals surface area (Å²) in [6, 6.07) is 8.59. The summed E-state index contributed by atoms with van der Waals surface area (Å²) in [6.45, 7) is 0. The van der Waals surface area contributed by atoms with Crippen LogP contribution in [0.5, 0.6) is 5.75 Å². The van der Waals surface area contributed by atoms with Crippen molar-refractivity contribution in [3.05, 3.63) is 53.6 Å². The molecule has 0 amide bonds. The van der Waals surface area contributed by atoms with Gasteiger partial charge in [0.15, 0.2) is 0 Å². The first-order valence-electron chi connectivity index (χ1n) is 6.08. The normalized spacial score (nSPS) is 11.9. The van der Waals surface area contributed by atoms with E-state index < -0.39 is 23.9 Å². The maximum absolute atomic E-state index is 13.1. The van der Waals surface area contributed by atoms with Crippen LogP contribution in [-0.4, -0.2) is 6.36 Å². The molecule has 0 bridgehead atoms. The third kappa shape index (κ3) is 4.16. The molecule has 0 heterocycles. The SMILES string of the molecule is N#Cc1ccc(-c2ccc(OC(F)(F)F)cc2)c(C(F)(F)F)c1. The molecular weight excluding hydrogens is 324 g/mol. The Morgan fingerprint density at radius 1 is 0.870 bits per heavy atom. The third-order valence-electron chi connectivity index (χ3n) is 2.85. The minimum absolute atomic E-state index is 0.0522. The van der Waals surface area contributed by atoms with Crippen molar-refractivity contribution in [3.8, 4) is 22.9 Å². The van der Waals surface area contributed by atoms with Crippen molar-refractivity contribution in [1.82, 2.24) is 0 Å². The van der Waals surface area contributed by atoms with Crippen LogP contribution >= 0.6 is 0 Å². The molecule has 0 saturated carbocycles. The highest BCUT2D eigenvalue weighted by molar-refractivity contribution is 5.69. The highest BCUT2D eigenvalue weighted by Crippen LogP contribution is 2.38. The Bertz CT molecular complexity index is 741. The Morgan fingerprint density at radius 2 is 1.48 bits per heavy atom. The molecule has 0 radical (unpaired) electrons. The second-order valence-corrected chi connectivity index (χ2v) is 4.44. The molecule has 0 unspecified atom stereocenters. The van der Waals surface area contributed by atoms with Crippen LogP contribution in [0.15, 0.2) is 42.5 Å². The second-order valence-electron chi connectivity index (χ2n) is 4.44. The Labute approximate surface area is 126 Å². The lowest BCUT2D eigenvalue weighted by molar-refractivity contribution is -0.274. The van der Waals surface area contributed by atoms with Crippen LogP contribution in [0.4, 0.5) is 26.3 Å². The number of hydrogen-bond acceptors (Lipinski definition) is 2. The van der Waals surface area contributed by atoms with Crippen molar-refractivity contribution in [1.29, 1.82) is 5.26 Å². The summed E-state index contributed by atoms with van der Waals surface area (Å²) in [6.07, 6.45) is -9.59. The van der Waals surface area contributed by atoms with E-state index in [4.69, 9.17) is 5.26 Å². The lowest BCUT2D eigenvalue weighted by Crippen LogP contribution is -2.17. The zero-order valence-corrected chi connectivity index (χ0v) is 11.2. The van der Waals surface area contributed by atoms with Gasteiger partial charge in [0, 0.05) is 0 Å². The molecule has 23 heavy (non-hydrogen) atoms. The van der Waals surface area contributed by atoms with Gasteiger partial charge in [-0.15, -0.1) is 13.2 Å². The van der Waals surface area contributed by atoms with Gasteiger partial charge in [0.2, 0.25) is 0 Å². The molecule has 120 valence electrons. The summed E-state index contributed by atoms with van der Waals surface area (Å²) in [5.74, 6) is -0.538. The highest BCUT2D eigenvalue weighted by Gasteiger charge is 2.34. The van der Waals surface area contributed by atoms with E-state index in [1.54, 1.807) is 6.07 Å². The molecule has 0 fully saturated rings. The number of ether oxygens (including phenoxy) is 1. The van der Waals surface area contributed by atoms with Gasteiger partial charge in [-0.25, -0.2) is 0 Å². The van der Waals surface area contributed by atoms with Crippen molar-refractivity contribution in [2.24, 2.45) is 0 Å². The number of nitriles is 1. The molecule has 0 saturated heterocycles. The van der Waals surface area contributed by atoms with Gasteiger partial charge in [-0.3, -0.25) is 0 Å². The average molecular weight is 331 g/mol. The summed E-state index contributed by atoms with van der Waals surface area (Å²) >= 11 is 0. The van der Waals surface area contributed by atoms with E-state index in [1.165, 1.54) is 6.07 Å². The smallest absolute Gasteiger partial charge is 0.406 e. The van der Waals surface area contributed by atoms with Gasteiger partial charge in [0.25, 0.3) is 0 Å². The van der Waals surface area contributed by atoms with Gasteiger partial charge in [0.05, 0.1) is 17.2 Å². The van der Waals surface area contributed by atoms with E-state index in [0.29, 0.717) is 6.07 Å². The zero-order chi connectivity index (χ0) is 17.3. The molecule has 2 nitrogen and oxygen atoms in total. The second kappa shape index (κ2) is 5.83. The first kappa shape index (κ1) is 16.7. The van der Waals surface area contributed by atoms with Gasteiger partial charge < -0.3 is 4.74 Å². The molecule has 0 N–H and O–H groups in total. The first-order valence-corrected chi connectivity index (χ1v) is 6.08. The maximum Gasteiger partial charge on any atom is 0.573 e. The highest BCUT2D eigenvalue weighted by atomic mass is 19.4. The van der Waals surface area contributed by atoms with Crippen LogP contribution in [-0.2, 0) is 6.18 Å². The predicted molar refractivity (Wildman–Crippen MR) is 68.3 cm³/mol. The molecule has 2 aromatic carbocycles. The lowest BCUT2D eigenvalue weighted by Gasteiger charge is -2.14. The number of nitrogens with zero attached hydrogens (tertiary/aromatic N) is 1. The monoisotopic (exact) mass is 331 g/mol. The fourth-order valence-electron chi connectivity index (χ4n) is 1.94. The van der Waals surface area contributed by atoms with Gasteiger partial charge >= 0.3 is 12.5 Å². The molecule has 0 aliphatic rings. The van der Waals surface area contributed by atoms with Gasteiger partial charge in [-0.2, -0.15) is 18.4 Å². The Balaban J connectivity index is 2.44. The van der Waals surface area contributed by atoms with E-state index >= 15 is 0 Å². The maximum atomic E-state index is 13.1. The molecule has 8 heteroatoms. The van der Waals surface area contributed by atoms with Crippen LogP contribution in [0.2, 0.25) is 0 Å². The minimum Gasteiger partial charge on any atom is -0.406 e. The van der Waals surface area contributed by atoms with Crippen molar-refractivity contribution in [2.75, 3.05) is 0 Å². The van der Waals surface area contributed by atoms with Crippen LogP contribution in [0, 0.1) is 11.3 Å². The topological polar surface area (TPSA) is 33.0 Å². The number of alkyl halides is 6.